The van der Waals surface area contributed by atoms with Crippen LogP contribution in [0.3, 0.4) is 0 Å². The lowest BCUT2D eigenvalue weighted by Crippen LogP contribution is -2.48. The number of hydrogen-bond donors (Lipinski definition) is 1. The molecule has 1 N–H and O–H groups in total. The number of ether oxygens (including phenoxy) is 1. The van der Waals surface area contributed by atoms with Crippen molar-refractivity contribution in [3.05, 3.63) is 0 Å². The quantitative estimate of drug-likeness (QED) is 0.661. The third-order valence-electron chi connectivity index (χ3n) is 3.83. The van der Waals surface area contributed by atoms with Gasteiger partial charge in [0.15, 0.2) is 0 Å². The monoisotopic (exact) mass is 210 g/mol. The molecule has 0 radical (unpaired) electrons. The van der Waals surface area contributed by atoms with Crippen LogP contribution in [0.5, 0.6) is 0 Å². The molecule has 0 saturated carbocycles. The zero-order valence-corrected chi connectivity index (χ0v) is 8.95. The molecule has 4 heteroatoms. The summed E-state index contributed by atoms with van der Waals surface area (Å²) in [6.07, 6.45) is 3.58. The number of rotatable bonds is 1. The van der Waals surface area contributed by atoms with Gasteiger partial charge in [-0.15, -0.1) is 0 Å². The molecule has 0 aromatic carbocycles. The minimum Gasteiger partial charge on any atom is -0.374 e. The predicted molar refractivity (Wildman–Crippen MR) is 55.5 cm³/mol. The Morgan fingerprint density at radius 2 is 2.40 bits per heavy atom. The molecule has 84 valence electrons. The Bertz CT molecular complexity index is 263. The van der Waals surface area contributed by atoms with E-state index in [1.807, 2.05) is 0 Å². The molecule has 15 heavy (non-hydrogen) atoms. The Morgan fingerprint density at radius 3 is 3.00 bits per heavy atom. The van der Waals surface area contributed by atoms with E-state index < -0.39 is 0 Å². The maximum Gasteiger partial charge on any atom is 0.227 e. The van der Waals surface area contributed by atoms with Crippen molar-refractivity contribution >= 4 is 5.91 Å². The Labute approximate surface area is 90.0 Å². The molecule has 2 bridgehead atoms. The summed E-state index contributed by atoms with van der Waals surface area (Å²) < 4.78 is 5.51. The van der Waals surface area contributed by atoms with E-state index in [0.717, 1.165) is 45.5 Å². The summed E-state index contributed by atoms with van der Waals surface area (Å²) in [5.41, 5.74) is 0. The van der Waals surface area contributed by atoms with E-state index in [4.69, 9.17) is 4.74 Å². The highest BCUT2D eigenvalue weighted by Crippen LogP contribution is 2.29. The van der Waals surface area contributed by atoms with E-state index in [2.05, 4.69) is 10.2 Å². The molecule has 0 aliphatic carbocycles. The van der Waals surface area contributed by atoms with Crippen LogP contribution in [0.2, 0.25) is 0 Å². The second-order valence-electron chi connectivity index (χ2n) is 4.88. The maximum atomic E-state index is 12.2. The topological polar surface area (TPSA) is 41.6 Å². The van der Waals surface area contributed by atoms with Gasteiger partial charge in [0.05, 0.1) is 24.7 Å². The molecular formula is C11H18N2O2. The van der Waals surface area contributed by atoms with Crippen LogP contribution in [0.4, 0.5) is 0 Å². The number of fused-ring (bicyclic) bond motifs is 2. The van der Waals surface area contributed by atoms with Gasteiger partial charge in [0.25, 0.3) is 0 Å². The highest BCUT2D eigenvalue weighted by Gasteiger charge is 2.43. The van der Waals surface area contributed by atoms with Gasteiger partial charge in [-0.3, -0.25) is 4.79 Å². The summed E-state index contributed by atoms with van der Waals surface area (Å²) in [4.78, 5) is 14.3. The fraction of sp³-hybridized carbons (Fsp3) is 0.909. The van der Waals surface area contributed by atoms with Crippen molar-refractivity contribution < 1.29 is 9.53 Å². The third kappa shape index (κ3) is 1.66. The predicted octanol–water partition coefficient (Wildman–Crippen LogP) is -0.0143. The van der Waals surface area contributed by atoms with Crippen LogP contribution in [0.25, 0.3) is 0 Å². The number of amides is 1. The highest BCUT2D eigenvalue weighted by atomic mass is 16.5. The second kappa shape index (κ2) is 3.76. The van der Waals surface area contributed by atoms with E-state index in [0.29, 0.717) is 18.1 Å². The van der Waals surface area contributed by atoms with Crippen molar-refractivity contribution in [1.29, 1.82) is 0 Å². The largest absolute Gasteiger partial charge is 0.374 e. The van der Waals surface area contributed by atoms with Gasteiger partial charge >= 0.3 is 0 Å². The number of morpholine rings is 1. The first-order chi connectivity index (χ1) is 7.34. The van der Waals surface area contributed by atoms with Crippen molar-refractivity contribution in [1.82, 2.24) is 10.2 Å². The SMILES string of the molecule is O=C([C@H]1CCCNC1)N1C[C@H]2C[C@H]1CO2. The summed E-state index contributed by atoms with van der Waals surface area (Å²) in [5.74, 6) is 0.580. The average molecular weight is 210 g/mol. The summed E-state index contributed by atoms with van der Waals surface area (Å²) in [6, 6.07) is 0.379. The van der Waals surface area contributed by atoms with E-state index in [1.54, 1.807) is 0 Å². The van der Waals surface area contributed by atoms with Gasteiger partial charge in [0.2, 0.25) is 5.91 Å². The molecular weight excluding hydrogens is 192 g/mol. The summed E-state index contributed by atoms with van der Waals surface area (Å²) >= 11 is 0. The van der Waals surface area contributed by atoms with Gasteiger partial charge in [0, 0.05) is 13.1 Å². The zero-order chi connectivity index (χ0) is 10.3. The van der Waals surface area contributed by atoms with E-state index in [-0.39, 0.29) is 5.92 Å². The van der Waals surface area contributed by atoms with Crippen LogP contribution < -0.4 is 5.32 Å². The maximum absolute atomic E-state index is 12.2. The van der Waals surface area contributed by atoms with Gasteiger partial charge in [-0.25, -0.2) is 0 Å². The Kier molecular flexibility index (Phi) is 2.41. The first-order valence-electron chi connectivity index (χ1n) is 5.97. The number of likely N-dealkylation sites (tertiary alicyclic amines) is 1. The number of nitrogens with one attached hydrogen (secondary N) is 1. The fourth-order valence-electron chi connectivity index (χ4n) is 2.97. The van der Waals surface area contributed by atoms with E-state index in [9.17, 15) is 4.79 Å². The molecule has 0 unspecified atom stereocenters. The van der Waals surface area contributed by atoms with Crippen LogP contribution >= 0.6 is 0 Å². The van der Waals surface area contributed by atoms with Crippen molar-refractivity contribution in [2.45, 2.75) is 31.4 Å². The van der Waals surface area contributed by atoms with Crippen LogP contribution in [0, 0.1) is 5.92 Å². The standard InChI is InChI=1S/C11H18N2O2/c14-11(8-2-1-3-12-5-8)13-6-10-4-9(13)7-15-10/h8-10,12H,1-7H2/t8-,9-,10+/m0/s1. The van der Waals surface area contributed by atoms with E-state index >= 15 is 0 Å². The molecule has 0 aromatic heterocycles. The number of hydrogen-bond acceptors (Lipinski definition) is 3. The lowest BCUT2D eigenvalue weighted by molar-refractivity contribution is -0.140. The lowest BCUT2D eigenvalue weighted by Gasteiger charge is -2.32. The minimum absolute atomic E-state index is 0.220. The molecule has 3 aliphatic rings. The lowest BCUT2D eigenvalue weighted by atomic mass is 9.98. The number of carbonyl (C=O) groups excluding carboxylic acids is 1. The van der Waals surface area contributed by atoms with Crippen molar-refractivity contribution in [2.75, 3.05) is 26.2 Å². The summed E-state index contributed by atoms with van der Waals surface area (Å²) in [5, 5.41) is 3.30. The number of carbonyl (C=O) groups is 1. The van der Waals surface area contributed by atoms with E-state index in [1.165, 1.54) is 0 Å². The minimum atomic E-state index is 0.220. The van der Waals surface area contributed by atoms with Gasteiger partial charge in [-0.2, -0.15) is 0 Å². The zero-order valence-electron chi connectivity index (χ0n) is 8.95. The van der Waals surface area contributed by atoms with Gasteiger partial charge in [-0.1, -0.05) is 0 Å². The molecule has 4 nitrogen and oxygen atoms in total. The average Bonchev–Trinajstić information content (AvgIpc) is 2.91. The summed E-state index contributed by atoms with van der Waals surface area (Å²) in [6.45, 7) is 3.53. The molecule has 3 saturated heterocycles. The Morgan fingerprint density at radius 1 is 1.47 bits per heavy atom. The Balaban J connectivity index is 1.64. The smallest absolute Gasteiger partial charge is 0.227 e. The molecule has 3 rings (SSSR count). The summed E-state index contributed by atoms with van der Waals surface area (Å²) in [7, 11) is 0. The normalized spacial score (nSPS) is 39.7. The van der Waals surface area contributed by atoms with Crippen LogP contribution in [-0.4, -0.2) is 49.2 Å². The van der Waals surface area contributed by atoms with Crippen LogP contribution in [-0.2, 0) is 9.53 Å². The highest BCUT2D eigenvalue weighted by molar-refractivity contribution is 5.80. The molecule has 3 atom stereocenters. The number of piperidine rings is 1. The van der Waals surface area contributed by atoms with Crippen LogP contribution in [0.15, 0.2) is 0 Å². The van der Waals surface area contributed by atoms with Gasteiger partial charge in [-0.05, 0) is 25.8 Å². The molecule has 3 fully saturated rings. The Hall–Kier alpha value is -0.610. The molecule has 1 amide bonds. The fourth-order valence-corrected chi connectivity index (χ4v) is 2.97. The third-order valence-corrected chi connectivity index (χ3v) is 3.83. The second-order valence-corrected chi connectivity index (χ2v) is 4.88. The molecule has 3 aliphatic heterocycles. The first kappa shape index (κ1) is 9.60. The van der Waals surface area contributed by atoms with Crippen LogP contribution in [0.1, 0.15) is 19.3 Å². The molecule has 0 spiro atoms. The molecule has 3 heterocycles. The van der Waals surface area contributed by atoms with Gasteiger partial charge in [0.1, 0.15) is 0 Å². The van der Waals surface area contributed by atoms with Crippen molar-refractivity contribution in [3.63, 3.8) is 0 Å². The van der Waals surface area contributed by atoms with Gasteiger partial charge < -0.3 is 15.0 Å². The van der Waals surface area contributed by atoms with Crippen molar-refractivity contribution in [3.8, 4) is 0 Å². The molecule has 0 aromatic rings. The number of nitrogens with zero attached hydrogens (tertiary/aromatic N) is 1. The van der Waals surface area contributed by atoms with Crippen molar-refractivity contribution in [2.24, 2.45) is 5.92 Å². The first-order valence-corrected chi connectivity index (χ1v) is 5.97.